The van der Waals surface area contributed by atoms with Crippen LogP contribution in [-0.4, -0.2) is 71.1 Å². The van der Waals surface area contributed by atoms with Gasteiger partial charge in [0.2, 0.25) is 0 Å². The Kier molecular flexibility index (Phi) is 17.5. The first kappa shape index (κ1) is 51.4. The maximum atomic E-state index is 15.1. The van der Waals surface area contributed by atoms with Gasteiger partial charge >= 0.3 is 25.0 Å². The number of hydrogen-bond donors (Lipinski definition) is 4. The van der Waals surface area contributed by atoms with Gasteiger partial charge in [-0.15, -0.1) is 0 Å². The molecule has 7 aromatic rings. The lowest BCUT2D eigenvalue weighted by Gasteiger charge is -2.24. The zero-order valence-electron chi connectivity index (χ0n) is 39.3. The van der Waals surface area contributed by atoms with Gasteiger partial charge in [0.15, 0.2) is 0 Å². The number of aromatic hydroxyl groups is 1. The van der Waals surface area contributed by atoms with E-state index >= 15 is 4.39 Å². The van der Waals surface area contributed by atoms with Gasteiger partial charge in [-0.05, 0) is 113 Å². The highest BCUT2D eigenvalue weighted by Gasteiger charge is 2.30. The van der Waals surface area contributed by atoms with Crippen molar-refractivity contribution in [3.63, 3.8) is 0 Å². The number of nitrogens with zero attached hydrogens (tertiary/aromatic N) is 1. The molecular formula is C54H56BBrF2N2O10. The molecule has 12 nitrogen and oxygen atoms in total. The molecule has 2 aliphatic carbocycles. The molecule has 9 rings (SSSR count). The van der Waals surface area contributed by atoms with Crippen LogP contribution in [-0.2, 0) is 32.2 Å². The molecule has 2 aliphatic rings. The lowest BCUT2D eigenvalue weighted by molar-refractivity contribution is -0.141. The number of ether oxygens (including phenoxy) is 4. The molecule has 70 heavy (non-hydrogen) atoms. The smallest absolute Gasteiger partial charge is 0.491 e. The van der Waals surface area contributed by atoms with E-state index in [2.05, 4.69) is 20.9 Å². The fraction of sp³-hybridized carbons (Fsp3) is 0.315. The summed E-state index contributed by atoms with van der Waals surface area (Å²) in [6, 6.07) is 28.4. The average Bonchev–Trinajstić information content (AvgIpc) is 3.88. The first-order valence-electron chi connectivity index (χ1n) is 23.3. The van der Waals surface area contributed by atoms with Crippen LogP contribution >= 0.6 is 15.9 Å². The number of hydrogen-bond acceptors (Lipinski definition) is 10. The molecule has 2 heterocycles. The van der Waals surface area contributed by atoms with Gasteiger partial charge in [-0.2, -0.15) is 0 Å². The van der Waals surface area contributed by atoms with E-state index in [1.165, 1.54) is 88.6 Å². The molecule has 0 aliphatic heterocycles. The summed E-state index contributed by atoms with van der Waals surface area (Å²) in [5.41, 5.74) is 6.59. The van der Waals surface area contributed by atoms with E-state index in [0.717, 1.165) is 70.9 Å². The molecular weight excluding hydrogens is 965 g/mol. The SMILES string of the molecule is COC(=O)Cn1c(-c2ccc(O)cc2F)c(C2CCCCC2)c2ccc(C(=O)OC)cc21.COC(=O)c1ccc2c(C3CCCCC3)c(Br)[nH]c2c1.OB(O)c1ccc(OCc2ccccc2)cc1F. The van der Waals surface area contributed by atoms with Crippen molar-refractivity contribution >= 4 is 68.2 Å². The number of phenols is 1. The van der Waals surface area contributed by atoms with Crippen LogP contribution in [0, 0.1) is 11.6 Å². The number of aromatic amines is 1. The van der Waals surface area contributed by atoms with Crippen LogP contribution in [0.1, 0.15) is 113 Å². The fourth-order valence-electron chi connectivity index (χ4n) is 9.54. The van der Waals surface area contributed by atoms with Gasteiger partial charge in [-0.25, -0.2) is 18.4 Å². The Morgan fingerprint density at radius 1 is 0.700 bits per heavy atom. The van der Waals surface area contributed by atoms with Crippen molar-refractivity contribution < 1.29 is 57.3 Å². The van der Waals surface area contributed by atoms with Crippen LogP contribution in [0.2, 0.25) is 0 Å². The minimum atomic E-state index is -1.81. The minimum Gasteiger partial charge on any atom is -0.508 e. The minimum absolute atomic E-state index is 0.139. The first-order valence-corrected chi connectivity index (χ1v) is 24.1. The second-order valence-corrected chi connectivity index (χ2v) is 18.2. The number of nitrogens with one attached hydrogen (secondary N) is 1. The van der Waals surface area contributed by atoms with Crippen molar-refractivity contribution in [3.05, 3.63) is 147 Å². The normalized spacial score (nSPS) is 13.9. The van der Waals surface area contributed by atoms with Crippen molar-refractivity contribution in [2.75, 3.05) is 21.3 Å². The molecule has 0 spiro atoms. The highest BCUT2D eigenvalue weighted by atomic mass is 79.9. The van der Waals surface area contributed by atoms with E-state index in [4.69, 9.17) is 29.0 Å². The molecule has 0 atom stereocenters. The van der Waals surface area contributed by atoms with E-state index in [-0.39, 0.29) is 29.6 Å². The third-order valence-corrected chi connectivity index (χ3v) is 13.6. The summed E-state index contributed by atoms with van der Waals surface area (Å²) in [6.45, 7) is 0.196. The fourth-order valence-corrected chi connectivity index (χ4v) is 10.3. The van der Waals surface area contributed by atoms with Crippen LogP contribution in [0.25, 0.3) is 33.1 Å². The van der Waals surface area contributed by atoms with Gasteiger partial charge in [-0.3, -0.25) is 4.79 Å². The number of methoxy groups -OCH3 is 3. The largest absolute Gasteiger partial charge is 0.508 e. The van der Waals surface area contributed by atoms with Crippen molar-refractivity contribution in [3.8, 4) is 22.8 Å². The first-order chi connectivity index (χ1) is 33.8. The van der Waals surface area contributed by atoms with Crippen LogP contribution in [0.3, 0.4) is 0 Å². The van der Waals surface area contributed by atoms with E-state index in [1.807, 2.05) is 54.6 Å². The van der Waals surface area contributed by atoms with E-state index in [1.54, 1.807) is 16.7 Å². The van der Waals surface area contributed by atoms with Crippen LogP contribution < -0.4 is 10.2 Å². The number of esters is 3. The monoisotopic (exact) mass is 1020 g/mol. The summed E-state index contributed by atoms with van der Waals surface area (Å²) in [6.07, 6.45) is 11.7. The quantitative estimate of drug-likeness (QED) is 0.0556. The number of fused-ring (bicyclic) bond motifs is 2. The molecule has 0 saturated heterocycles. The van der Waals surface area contributed by atoms with Crippen LogP contribution in [0.4, 0.5) is 8.78 Å². The Morgan fingerprint density at radius 2 is 1.31 bits per heavy atom. The Labute approximate surface area is 413 Å². The number of rotatable bonds is 11. The maximum Gasteiger partial charge on any atom is 0.491 e. The van der Waals surface area contributed by atoms with Crippen LogP contribution in [0.15, 0.2) is 108 Å². The van der Waals surface area contributed by atoms with Gasteiger partial charge in [0.05, 0.1) is 48.3 Å². The van der Waals surface area contributed by atoms with Gasteiger partial charge < -0.3 is 43.7 Å². The lowest BCUT2D eigenvalue weighted by atomic mass is 9.80. The standard InChI is InChI=1S/C25H26FNO5.C16H18BrNO2.C13H12BFO3/c1-31-22(29)14-27-21-12-16(25(30)32-2)8-10-19(21)23(15-6-4-3-5-7-15)24(27)18-11-9-17(28)13-20(18)26;1-20-16(19)11-7-8-12-13(9-11)18-15(17)14(12)10-5-3-2-4-6-10;15-13-8-11(6-7-12(13)14(16)17)18-9-10-4-2-1-3-5-10/h8-13,15,28H,3-7,14H2,1-2H3;7-10,18H,2-6H2,1H3;1-8,16-17H,9H2. The molecule has 0 bridgehead atoms. The van der Waals surface area contributed by atoms with Crippen molar-refractivity contribution in [1.29, 1.82) is 0 Å². The average molecular weight is 1020 g/mol. The number of H-pyrrole nitrogens is 1. The molecule has 2 saturated carbocycles. The van der Waals surface area contributed by atoms with Gasteiger partial charge in [0.25, 0.3) is 0 Å². The molecule has 5 aromatic carbocycles. The maximum absolute atomic E-state index is 15.1. The number of halogens is 3. The zero-order valence-corrected chi connectivity index (χ0v) is 40.9. The summed E-state index contributed by atoms with van der Waals surface area (Å²) in [5, 5.41) is 29.6. The predicted octanol–water partition coefficient (Wildman–Crippen LogP) is 11.0. The summed E-state index contributed by atoms with van der Waals surface area (Å²) < 4.78 is 51.3. The zero-order chi connectivity index (χ0) is 49.9. The van der Waals surface area contributed by atoms with Gasteiger partial charge in [0, 0.05) is 39.4 Å². The number of carbonyl (C=O) groups excluding carboxylic acids is 3. The van der Waals surface area contributed by atoms with Crippen molar-refractivity contribution in [2.45, 2.75) is 89.2 Å². The number of aromatic nitrogens is 2. The molecule has 0 radical (unpaired) electrons. The molecule has 2 aromatic heterocycles. The summed E-state index contributed by atoms with van der Waals surface area (Å²) >= 11 is 3.65. The molecule has 4 N–H and O–H groups in total. The molecule has 0 unspecified atom stereocenters. The van der Waals surface area contributed by atoms with E-state index in [9.17, 15) is 23.9 Å². The summed E-state index contributed by atoms with van der Waals surface area (Å²) in [5.74, 6) is -1.56. The second-order valence-electron chi connectivity index (χ2n) is 17.4. The van der Waals surface area contributed by atoms with E-state index in [0.29, 0.717) is 46.2 Å². The molecule has 0 amide bonds. The highest BCUT2D eigenvalue weighted by molar-refractivity contribution is 9.10. The Hall–Kier alpha value is -6.49. The van der Waals surface area contributed by atoms with Gasteiger partial charge in [-0.1, -0.05) is 87.1 Å². The van der Waals surface area contributed by atoms with E-state index < -0.39 is 30.7 Å². The summed E-state index contributed by atoms with van der Waals surface area (Å²) in [7, 11) is 2.21. The predicted molar refractivity (Wildman–Crippen MR) is 268 cm³/mol. The molecule has 366 valence electrons. The topological polar surface area (TPSA) is 170 Å². The Bertz CT molecular complexity index is 2950. The van der Waals surface area contributed by atoms with Crippen molar-refractivity contribution in [1.82, 2.24) is 9.55 Å². The second kappa shape index (κ2) is 23.9. The third-order valence-electron chi connectivity index (χ3n) is 13.0. The summed E-state index contributed by atoms with van der Waals surface area (Å²) in [4.78, 5) is 39.5. The Morgan fingerprint density at radius 3 is 1.90 bits per heavy atom. The lowest BCUT2D eigenvalue weighted by Crippen LogP contribution is -2.32. The number of carbonyl (C=O) groups is 3. The van der Waals surface area contributed by atoms with Crippen LogP contribution in [0.5, 0.6) is 11.5 Å². The number of phenolic OH excluding ortho intramolecular Hbond substituents is 1. The molecule has 2 fully saturated rings. The highest BCUT2D eigenvalue weighted by Crippen LogP contribution is 2.46. The third kappa shape index (κ3) is 12.1. The van der Waals surface area contributed by atoms with Crippen molar-refractivity contribution in [2.24, 2.45) is 0 Å². The van der Waals surface area contributed by atoms with Gasteiger partial charge in [0.1, 0.15) is 36.3 Å². The molecule has 16 heteroatoms. The number of benzene rings is 5. The Balaban J connectivity index is 0.000000164.